The molecule has 376 valence electrons. The fourth-order valence-electron chi connectivity index (χ4n) is 9.65. The molecular formula is C67H57N9O. The lowest BCUT2D eigenvalue weighted by molar-refractivity contribution is 0.669. The van der Waals surface area contributed by atoms with E-state index in [9.17, 15) is 0 Å². The van der Waals surface area contributed by atoms with Gasteiger partial charge in [-0.3, -0.25) is 29.9 Å². The van der Waals surface area contributed by atoms with Gasteiger partial charge in [0.05, 0.1) is 33.1 Å². The van der Waals surface area contributed by atoms with Crippen LogP contribution in [0.25, 0.3) is 122 Å². The van der Waals surface area contributed by atoms with E-state index in [1.165, 1.54) is 0 Å². The maximum Gasteiger partial charge on any atom is 0.135 e. The molecule has 77 heavy (non-hydrogen) atoms. The predicted octanol–water partition coefficient (Wildman–Crippen LogP) is 17.1. The van der Waals surface area contributed by atoms with Gasteiger partial charge < -0.3 is 19.0 Å². The molecule has 7 heterocycles. The van der Waals surface area contributed by atoms with Crippen molar-refractivity contribution >= 4 is 85.0 Å². The van der Waals surface area contributed by atoms with Crippen LogP contribution in [-0.4, -0.2) is 62.3 Å². The number of hydrogen-bond acceptors (Lipinski definition) is 8. The minimum atomic E-state index is 0.836. The van der Waals surface area contributed by atoms with Gasteiger partial charge in [0.25, 0.3) is 0 Å². The lowest BCUT2D eigenvalue weighted by Gasteiger charge is -2.10. The molecule has 0 fully saturated rings. The molecule has 0 saturated carbocycles. The Labute approximate surface area is 448 Å². The van der Waals surface area contributed by atoms with Crippen molar-refractivity contribution in [2.75, 3.05) is 14.1 Å². The van der Waals surface area contributed by atoms with Gasteiger partial charge in [-0.15, -0.1) is 0 Å². The molecule has 7 aromatic heterocycles. The Kier molecular flexibility index (Phi) is 16.3. The number of pyridine rings is 4. The van der Waals surface area contributed by atoms with Crippen LogP contribution in [0, 0.1) is 5.41 Å². The molecular weight excluding hydrogens is 947 g/mol. The van der Waals surface area contributed by atoms with E-state index in [-0.39, 0.29) is 0 Å². The van der Waals surface area contributed by atoms with Crippen molar-refractivity contribution in [1.29, 1.82) is 5.41 Å². The molecule has 0 atom stereocenters. The Hall–Kier alpha value is -10.2. The van der Waals surface area contributed by atoms with Gasteiger partial charge in [0, 0.05) is 108 Å². The number of nitrogens with one attached hydrogen (secondary N) is 1. The number of furan rings is 1. The molecule has 10 nitrogen and oxygen atoms in total. The van der Waals surface area contributed by atoms with Crippen LogP contribution in [-0.2, 0) is 0 Å². The summed E-state index contributed by atoms with van der Waals surface area (Å²) in [4.78, 5) is 25.8. The van der Waals surface area contributed by atoms with Crippen LogP contribution in [0.4, 0.5) is 0 Å². The maximum atomic E-state index is 6.51. The van der Waals surface area contributed by atoms with Gasteiger partial charge in [0.2, 0.25) is 0 Å². The van der Waals surface area contributed by atoms with Crippen LogP contribution in [0.2, 0.25) is 0 Å². The first-order valence-corrected chi connectivity index (χ1v) is 25.2. The summed E-state index contributed by atoms with van der Waals surface area (Å²) in [5.41, 5.74) is 18.9. The van der Waals surface area contributed by atoms with Crippen LogP contribution in [0.5, 0.6) is 0 Å². The van der Waals surface area contributed by atoms with E-state index in [1.54, 1.807) is 51.1 Å². The molecule has 0 saturated heterocycles. The third-order valence-corrected chi connectivity index (χ3v) is 12.9. The molecule has 0 aliphatic heterocycles. The zero-order valence-corrected chi connectivity index (χ0v) is 43.5. The predicted molar refractivity (Wildman–Crippen MR) is 326 cm³/mol. The monoisotopic (exact) mass is 1000 g/mol. The molecule has 0 radical (unpaired) electrons. The molecule has 0 unspecified atom stereocenters. The second-order valence-electron chi connectivity index (χ2n) is 17.3. The van der Waals surface area contributed by atoms with E-state index < -0.39 is 0 Å². The molecule has 0 spiro atoms. The number of aliphatic imine (C=N–C) groups is 2. The van der Waals surface area contributed by atoms with Gasteiger partial charge in [-0.1, -0.05) is 99.8 Å². The molecule has 1 N–H and O–H groups in total. The number of hydrogen-bond donors (Lipinski definition) is 1. The summed E-state index contributed by atoms with van der Waals surface area (Å²) in [7, 11) is 3.42. The summed E-state index contributed by atoms with van der Waals surface area (Å²) in [6.07, 6.45) is 17.7. The molecule has 0 aliphatic carbocycles. The van der Waals surface area contributed by atoms with Gasteiger partial charge in [0.15, 0.2) is 0 Å². The molecule has 6 aromatic carbocycles. The van der Waals surface area contributed by atoms with Crippen molar-refractivity contribution in [3.05, 3.63) is 232 Å². The van der Waals surface area contributed by atoms with Gasteiger partial charge in [-0.2, -0.15) is 0 Å². The van der Waals surface area contributed by atoms with Crippen molar-refractivity contribution in [3.63, 3.8) is 0 Å². The minimum absolute atomic E-state index is 0.836. The molecule has 13 rings (SSSR count). The first-order valence-electron chi connectivity index (χ1n) is 25.2. The number of nitrogens with zero attached hydrogens (tertiary/aromatic N) is 8. The lowest BCUT2D eigenvalue weighted by atomic mass is 9.99. The Morgan fingerprint density at radius 1 is 0.416 bits per heavy atom. The SMILES string of the molecule is C=CC=NC.C=CC=NC.C=N.CC.c1cncc(-c2cccc(-c3ccc4c(c3)c3ncccc3n4-c3ccc4oc5ccc(-n6c7ccc(-c8cccc(-c9cccnc9)c8)cc7c7ncccc76)cc5c4c3)c2)c1. The smallest absolute Gasteiger partial charge is 0.135 e. The number of fused-ring (bicyclic) bond motifs is 9. The highest BCUT2D eigenvalue weighted by Crippen LogP contribution is 2.40. The third-order valence-electron chi connectivity index (χ3n) is 12.9. The topological polar surface area (TPSA) is 123 Å². The summed E-state index contributed by atoms with van der Waals surface area (Å²) in [5, 5.41) is 9.78. The van der Waals surface area contributed by atoms with Crippen molar-refractivity contribution in [3.8, 4) is 55.9 Å². The zero-order valence-electron chi connectivity index (χ0n) is 43.5. The number of allylic oxidation sites excluding steroid dienone is 2. The van der Waals surface area contributed by atoms with Crippen LogP contribution in [0.1, 0.15) is 13.8 Å². The summed E-state index contributed by atoms with van der Waals surface area (Å²) in [6.45, 7) is 13.3. The Bertz CT molecular complexity index is 3970. The maximum absolute atomic E-state index is 6.51. The average molecular weight is 1000 g/mol. The second-order valence-corrected chi connectivity index (χ2v) is 17.3. The Balaban J connectivity index is 0.000000467. The van der Waals surface area contributed by atoms with E-state index in [4.69, 9.17) is 19.8 Å². The van der Waals surface area contributed by atoms with Gasteiger partial charge in [0.1, 0.15) is 11.2 Å². The zero-order chi connectivity index (χ0) is 53.7. The highest BCUT2D eigenvalue weighted by molar-refractivity contribution is 6.12. The Morgan fingerprint density at radius 2 is 0.805 bits per heavy atom. The fourth-order valence-corrected chi connectivity index (χ4v) is 9.65. The molecule has 0 aliphatic rings. The summed E-state index contributed by atoms with van der Waals surface area (Å²) in [6, 6.07) is 60.1. The number of rotatable bonds is 8. The third kappa shape index (κ3) is 10.5. The minimum Gasteiger partial charge on any atom is -0.456 e. The normalized spacial score (nSPS) is 11.0. The van der Waals surface area contributed by atoms with E-state index in [0.717, 1.165) is 122 Å². The van der Waals surface area contributed by atoms with Crippen LogP contribution in [0.15, 0.2) is 247 Å². The quantitative estimate of drug-likeness (QED) is 0.152. The average Bonchev–Trinajstić information content (AvgIpc) is 4.38. The number of benzene rings is 6. The van der Waals surface area contributed by atoms with Crippen molar-refractivity contribution in [2.24, 2.45) is 9.98 Å². The number of aromatic nitrogens is 6. The molecule has 13 aromatic rings. The standard InChI is InChI=1S/C56H34N6O.2C4H7N.C2H6.CH3N/c1-7-35(27-37(9-1)41-11-3-23-57-33-41)39-15-19-49-47(29-39)55-51(13-5-25-59-55)61(49)43-17-21-53-45(31-43)46-32-44(18-22-54(46)63-53)62-50-20-16-40(30-48(50)56-52(62)14-6-26-60-56)36-8-2-10-38(28-36)42-12-4-24-58-34-42;2*1-3-4-5-2;2*1-2/h1-34H;2*3-4H,1H2,2H3;1-2H3;2H,1H2. The molecule has 0 amide bonds. The first-order chi connectivity index (χ1) is 38.0. The highest BCUT2D eigenvalue weighted by atomic mass is 16.3. The van der Waals surface area contributed by atoms with Gasteiger partial charge >= 0.3 is 0 Å². The summed E-state index contributed by atoms with van der Waals surface area (Å²) in [5.74, 6) is 0. The largest absolute Gasteiger partial charge is 0.456 e. The van der Waals surface area contributed by atoms with Crippen LogP contribution >= 0.6 is 0 Å². The molecule has 10 heteroatoms. The van der Waals surface area contributed by atoms with Gasteiger partial charge in [-0.25, -0.2) is 0 Å². The van der Waals surface area contributed by atoms with Crippen LogP contribution < -0.4 is 0 Å². The second kappa shape index (κ2) is 24.2. The van der Waals surface area contributed by atoms with Crippen molar-refractivity contribution < 1.29 is 4.42 Å². The van der Waals surface area contributed by atoms with Gasteiger partial charge in [-0.05, 0) is 149 Å². The fraction of sp³-hybridized carbons (Fsp3) is 0.0597. The van der Waals surface area contributed by atoms with Crippen molar-refractivity contribution in [1.82, 2.24) is 29.1 Å². The summed E-state index contributed by atoms with van der Waals surface area (Å²) < 4.78 is 11.1. The molecule has 0 bridgehead atoms. The van der Waals surface area contributed by atoms with Crippen molar-refractivity contribution in [2.45, 2.75) is 13.8 Å². The van der Waals surface area contributed by atoms with E-state index in [0.29, 0.717) is 0 Å². The summed E-state index contributed by atoms with van der Waals surface area (Å²) >= 11 is 0. The Morgan fingerprint density at radius 3 is 1.18 bits per heavy atom. The van der Waals surface area contributed by atoms with E-state index in [2.05, 4.69) is 195 Å². The highest BCUT2D eigenvalue weighted by Gasteiger charge is 2.19. The first kappa shape index (κ1) is 51.7. The lowest BCUT2D eigenvalue weighted by Crippen LogP contribution is -1.94. The van der Waals surface area contributed by atoms with Crippen LogP contribution in [0.3, 0.4) is 0 Å². The van der Waals surface area contributed by atoms with E-state index in [1.807, 2.05) is 62.9 Å². The van der Waals surface area contributed by atoms with E-state index >= 15 is 0 Å².